The summed E-state index contributed by atoms with van der Waals surface area (Å²) in [5, 5.41) is 11.0. The van der Waals surface area contributed by atoms with Gasteiger partial charge in [0.05, 0.1) is 5.69 Å². The van der Waals surface area contributed by atoms with Gasteiger partial charge in [-0.15, -0.1) is 13.2 Å². The fourth-order valence-electron chi connectivity index (χ4n) is 6.07. The first kappa shape index (κ1) is 26.1. The van der Waals surface area contributed by atoms with E-state index in [0.29, 0.717) is 36.4 Å². The second kappa shape index (κ2) is 9.37. The molecule has 0 radical (unpaired) electrons. The zero-order chi connectivity index (χ0) is 26.7. The normalized spacial score (nSPS) is 28.7. The highest BCUT2D eigenvalue weighted by molar-refractivity contribution is 5.64. The zero-order valence-corrected chi connectivity index (χ0v) is 20.8. The third kappa shape index (κ3) is 5.27. The number of ether oxygens (including phenoxy) is 1. The predicted octanol–water partition coefficient (Wildman–Crippen LogP) is 5.19. The monoisotopic (exact) mass is 529 g/mol. The van der Waals surface area contributed by atoms with Crippen molar-refractivity contribution in [3.8, 4) is 17.0 Å². The number of aromatic nitrogens is 3. The number of imidazole rings is 1. The molecule has 12 heteroatoms. The van der Waals surface area contributed by atoms with Gasteiger partial charge in [-0.05, 0) is 43.1 Å². The zero-order valence-electron chi connectivity index (χ0n) is 20.8. The number of nitrogens with zero attached hydrogens (tertiary/aromatic N) is 4. The lowest BCUT2D eigenvalue weighted by molar-refractivity contribution is -0.274. The summed E-state index contributed by atoms with van der Waals surface area (Å²) < 4.78 is 72.0. The van der Waals surface area contributed by atoms with Gasteiger partial charge in [-0.1, -0.05) is 13.8 Å². The maximum Gasteiger partial charge on any atom is 0.573 e. The van der Waals surface area contributed by atoms with Crippen molar-refractivity contribution in [3.05, 3.63) is 24.3 Å². The molecule has 7 nitrogen and oxygen atoms in total. The van der Waals surface area contributed by atoms with Gasteiger partial charge in [-0.25, -0.2) is 18.7 Å². The maximum absolute atomic E-state index is 13.8. The number of fused-ring (bicyclic) bond motifs is 2. The van der Waals surface area contributed by atoms with Gasteiger partial charge in [0, 0.05) is 56.0 Å². The molecule has 204 valence electrons. The van der Waals surface area contributed by atoms with E-state index in [9.17, 15) is 27.1 Å². The molecule has 4 fully saturated rings. The standard InChI is InChI=1S/C25H32F5N5O2/c1-13(2)21(36)23-33-17(16-9-20(22(31)32-11-16)37-25(28,29)30)12-35(23)19-10-18(14-7-15(19)8-14)34-5-3-24(26,27)4-6-34/h9,11-15,18-19,21,36H,3-8,10H2,1-2H3,(H2,31,32)/t14?,15?,18?,19-,21?/m1/s1. The summed E-state index contributed by atoms with van der Waals surface area (Å²) in [6, 6.07) is 1.31. The summed E-state index contributed by atoms with van der Waals surface area (Å²) >= 11 is 0. The van der Waals surface area contributed by atoms with Gasteiger partial charge < -0.3 is 20.1 Å². The van der Waals surface area contributed by atoms with Gasteiger partial charge >= 0.3 is 6.36 Å². The van der Waals surface area contributed by atoms with Crippen molar-refractivity contribution in [1.29, 1.82) is 0 Å². The van der Waals surface area contributed by atoms with E-state index in [1.165, 1.54) is 6.20 Å². The second-order valence-corrected chi connectivity index (χ2v) is 11.0. The molecule has 3 N–H and O–H groups in total. The minimum absolute atomic E-state index is 0.00489. The number of pyridine rings is 1. The van der Waals surface area contributed by atoms with Crippen LogP contribution < -0.4 is 10.5 Å². The fraction of sp³-hybridized carbons (Fsp3) is 0.680. The van der Waals surface area contributed by atoms with Crippen LogP contribution >= 0.6 is 0 Å². The minimum atomic E-state index is -4.93. The van der Waals surface area contributed by atoms with E-state index in [1.807, 2.05) is 18.4 Å². The van der Waals surface area contributed by atoms with E-state index in [1.54, 1.807) is 6.20 Å². The molecular formula is C25H32F5N5O2. The van der Waals surface area contributed by atoms with Gasteiger partial charge in [0.15, 0.2) is 11.6 Å². The molecule has 4 aliphatic rings. The SMILES string of the molecule is CC(C)C(O)c1nc(-c2cnc(N)c(OC(F)(F)F)c2)cn1[C@@H]1CC(N2CCC(F)(F)CC2)C2CC1C2. The molecule has 3 aliphatic carbocycles. The molecule has 0 amide bonds. The highest BCUT2D eigenvalue weighted by Crippen LogP contribution is 2.54. The Bertz CT molecular complexity index is 1120. The van der Waals surface area contributed by atoms with Crippen LogP contribution in [0.15, 0.2) is 18.5 Å². The Labute approximate surface area is 211 Å². The average molecular weight is 530 g/mol. The molecule has 6 rings (SSSR count). The van der Waals surface area contributed by atoms with Crippen LogP contribution in [0.1, 0.15) is 63.9 Å². The Morgan fingerprint density at radius 3 is 2.38 bits per heavy atom. The Balaban J connectivity index is 1.46. The van der Waals surface area contributed by atoms with E-state index in [-0.39, 0.29) is 36.4 Å². The molecule has 1 saturated heterocycles. The number of piperidine rings is 1. The minimum Gasteiger partial charge on any atom is -0.402 e. The number of nitrogen functional groups attached to an aromatic ring is 1. The third-order valence-corrected chi connectivity index (χ3v) is 8.20. The molecule has 0 spiro atoms. The molecule has 3 saturated carbocycles. The van der Waals surface area contributed by atoms with E-state index < -0.39 is 30.0 Å². The number of halogens is 5. The number of aliphatic hydroxyl groups is 1. The molecule has 3 atom stereocenters. The highest BCUT2D eigenvalue weighted by Gasteiger charge is 2.50. The largest absolute Gasteiger partial charge is 0.573 e. The number of aliphatic hydroxyl groups excluding tert-OH is 1. The van der Waals surface area contributed by atoms with Gasteiger partial charge in [-0.3, -0.25) is 4.90 Å². The third-order valence-electron chi connectivity index (χ3n) is 8.20. The van der Waals surface area contributed by atoms with Crippen LogP contribution in [0.5, 0.6) is 5.75 Å². The Hall–Kier alpha value is -2.47. The number of anilines is 1. The van der Waals surface area contributed by atoms with Crippen LogP contribution in [0.4, 0.5) is 27.8 Å². The Kier molecular flexibility index (Phi) is 6.62. The average Bonchev–Trinajstić information content (AvgIpc) is 3.23. The molecule has 37 heavy (non-hydrogen) atoms. The van der Waals surface area contributed by atoms with Gasteiger partial charge in [0.2, 0.25) is 0 Å². The van der Waals surface area contributed by atoms with Crippen LogP contribution in [-0.2, 0) is 0 Å². The van der Waals surface area contributed by atoms with Crippen molar-refractivity contribution in [2.75, 3.05) is 18.8 Å². The number of likely N-dealkylation sites (tertiary alicyclic amines) is 1. The Morgan fingerprint density at radius 1 is 1.11 bits per heavy atom. The summed E-state index contributed by atoms with van der Waals surface area (Å²) in [6.07, 6.45) is -0.331. The summed E-state index contributed by atoms with van der Waals surface area (Å²) in [7, 11) is 0. The maximum atomic E-state index is 13.8. The van der Waals surface area contributed by atoms with Crippen molar-refractivity contribution >= 4 is 5.82 Å². The van der Waals surface area contributed by atoms with Crippen LogP contribution in [0.3, 0.4) is 0 Å². The van der Waals surface area contributed by atoms with Crippen molar-refractivity contribution in [2.45, 2.75) is 76.4 Å². The van der Waals surface area contributed by atoms with Gasteiger partial charge in [0.25, 0.3) is 5.92 Å². The number of hydrogen-bond donors (Lipinski definition) is 2. The first-order chi connectivity index (χ1) is 17.3. The van der Waals surface area contributed by atoms with Crippen LogP contribution in [0.2, 0.25) is 0 Å². The first-order valence-corrected chi connectivity index (χ1v) is 12.7. The Morgan fingerprint density at radius 2 is 1.76 bits per heavy atom. The van der Waals surface area contributed by atoms with Gasteiger partial charge in [0.1, 0.15) is 11.9 Å². The molecule has 0 aromatic carbocycles. The summed E-state index contributed by atoms with van der Waals surface area (Å²) in [5.74, 6) is -2.51. The lowest BCUT2D eigenvalue weighted by Gasteiger charge is -2.56. The lowest BCUT2D eigenvalue weighted by atomic mass is 9.59. The summed E-state index contributed by atoms with van der Waals surface area (Å²) in [6.45, 7) is 4.45. The molecule has 2 aromatic heterocycles. The smallest absolute Gasteiger partial charge is 0.402 e. The molecule has 3 heterocycles. The molecule has 2 unspecified atom stereocenters. The van der Waals surface area contributed by atoms with Crippen molar-refractivity contribution < 1.29 is 31.8 Å². The highest BCUT2D eigenvalue weighted by atomic mass is 19.4. The number of rotatable bonds is 6. The van der Waals surface area contributed by atoms with E-state index >= 15 is 0 Å². The van der Waals surface area contributed by atoms with Crippen molar-refractivity contribution in [3.63, 3.8) is 0 Å². The molecule has 2 bridgehead atoms. The van der Waals surface area contributed by atoms with Crippen LogP contribution in [0, 0.1) is 17.8 Å². The van der Waals surface area contributed by atoms with Gasteiger partial charge in [-0.2, -0.15) is 0 Å². The van der Waals surface area contributed by atoms with Crippen LogP contribution in [0.25, 0.3) is 11.3 Å². The first-order valence-electron chi connectivity index (χ1n) is 12.7. The van der Waals surface area contributed by atoms with Crippen LogP contribution in [-0.4, -0.2) is 56.0 Å². The lowest BCUT2D eigenvalue weighted by Crippen LogP contribution is -2.56. The molecular weight excluding hydrogens is 497 g/mol. The quantitative estimate of drug-likeness (QED) is 0.501. The van der Waals surface area contributed by atoms with E-state index in [4.69, 9.17) is 5.73 Å². The van der Waals surface area contributed by atoms with E-state index in [2.05, 4.69) is 19.6 Å². The summed E-state index contributed by atoms with van der Waals surface area (Å²) in [4.78, 5) is 10.7. The number of alkyl halides is 5. The summed E-state index contributed by atoms with van der Waals surface area (Å²) in [5.41, 5.74) is 6.22. The molecule has 1 aliphatic heterocycles. The number of nitrogens with two attached hydrogens (primary N) is 1. The van der Waals surface area contributed by atoms with E-state index in [0.717, 1.165) is 25.3 Å². The van der Waals surface area contributed by atoms with Crippen molar-refractivity contribution in [2.24, 2.45) is 17.8 Å². The number of hydrogen-bond acceptors (Lipinski definition) is 6. The fourth-order valence-corrected chi connectivity index (χ4v) is 6.07. The molecule has 2 aromatic rings. The van der Waals surface area contributed by atoms with Crippen molar-refractivity contribution in [1.82, 2.24) is 19.4 Å². The predicted molar refractivity (Wildman–Crippen MR) is 126 cm³/mol. The topological polar surface area (TPSA) is 89.4 Å². The second-order valence-electron chi connectivity index (χ2n) is 11.0.